The van der Waals surface area contributed by atoms with Gasteiger partial charge in [-0.25, -0.2) is 4.68 Å². The van der Waals surface area contributed by atoms with Crippen molar-refractivity contribution in [3.05, 3.63) is 65.1 Å². The Morgan fingerprint density at radius 1 is 1.07 bits per heavy atom. The number of amides is 1. The van der Waals surface area contributed by atoms with Crippen LogP contribution >= 0.6 is 0 Å². The van der Waals surface area contributed by atoms with E-state index >= 15 is 0 Å². The predicted molar refractivity (Wildman–Crippen MR) is 108 cm³/mol. The molecule has 0 atom stereocenters. The molecule has 3 heterocycles. The first-order valence-corrected chi connectivity index (χ1v) is 9.28. The van der Waals surface area contributed by atoms with Crippen molar-refractivity contribution in [3.63, 3.8) is 0 Å². The molecular weight excluding hydrogens is 372 g/mol. The summed E-state index contributed by atoms with van der Waals surface area (Å²) in [6, 6.07) is 14.1. The zero-order valence-electron chi connectivity index (χ0n) is 15.7. The number of anilines is 2. The minimum absolute atomic E-state index is 0.155. The monoisotopic (exact) mass is 392 g/mol. The first-order valence-electron chi connectivity index (χ1n) is 9.28. The fraction of sp³-hybridized carbons (Fsp3) is 0.250. The molecule has 1 fully saturated rings. The number of morpholine rings is 1. The summed E-state index contributed by atoms with van der Waals surface area (Å²) in [7, 11) is 0. The molecule has 3 aromatic rings. The van der Waals surface area contributed by atoms with Crippen LogP contribution in [0.15, 0.2) is 59.5 Å². The number of carbonyl (C=O) groups excluding carboxylic acids is 1. The predicted octanol–water partition coefficient (Wildman–Crippen LogP) is 1.18. The normalized spacial score (nSPS) is 13.9. The van der Waals surface area contributed by atoms with E-state index in [-0.39, 0.29) is 18.0 Å². The van der Waals surface area contributed by atoms with Gasteiger partial charge in [-0.2, -0.15) is 5.10 Å². The molecule has 9 nitrogen and oxygen atoms in total. The van der Waals surface area contributed by atoms with Crippen molar-refractivity contribution >= 4 is 17.4 Å². The highest BCUT2D eigenvalue weighted by Crippen LogP contribution is 2.22. The highest BCUT2D eigenvalue weighted by molar-refractivity contribution is 5.91. The molecule has 148 valence electrons. The van der Waals surface area contributed by atoms with Gasteiger partial charge < -0.3 is 15.0 Å². The Morgan fingerprint density at radius 2 is 1.93 bits per heavy atom. The van der Waals surface area contributed by atoms with Crippen molar-refractivity contribution < 1.29 is 9.53 Å². The van der Waals surface area contributed by atoms with Gasteiger partial charge in [0, 0.05) is 36.6 Å². The Bertz CT molecular complexity index is 1040. The average Bonchev–Trinajstić information content (AvgIpc) is 2.76. The van der Waals surface area contributed by atoms with Crippen molar-refractivity contribution in [2.75, 3.05) is 36.5 Å². The van der Waals surface area contributed by atoms with Gasteiger partial charge in [0.15, 0.2) is 5.82 Å². The van der Waals surface area contributed by atoms with E-state index in [4.69, 9.17) is 4.74 Å². The van der Waals surface area contributed by atoms with Crippen LogP contribution in [0.5, 0.6) is 0 Å². The summed E-state index contributed by atoms with van der Waals surface area (Å²) in [5.74, 6) is 0.485. The highest BCUT2D eigenvalue weighted by Gasteiger charge is 2.13. The summed E-state index contributed by atoms with van der Waals surface area (Å²) in [6.07, 6.45) is 1.47. The lowest BCUT2D eigenvalue weighted by molar-refractivity contribution is -0.117. The van der Waals surface area contributed by atoms with E-state index in [0.717, 1.165) is 29.2 Å². The van der Waals surface area contributed by atoms with Crippen LogP contribution in [-0.2, 0) is 16.1 Å². The van der Waals surface area contributed by atoms with Crippen molar-refractivity contribution in [2.24, 2.45) is 0 Å². The Balaban J connectivity index is 1.45. The van der Waals surface area contributed by atoms with E-state index in [2.05, 4.69) is 25.5 Å². The van der Waals surface area contributed by atoms with Gasteiger partial charge in [-0.15, -0.1) is 10.2 Å². The lowest BCUT2D eigenvalue weighted by atomic mass is 10.1. The van der Waals surface area contributed by atoms with E-state index in [1.165, 1.54) is 18.3 Å². The number of benzene rings is 1. The quantitative estimate of drug-likeness (QED) is 0.695. The smallest absolute Gasteiger partial charge is 0.267 e. The van der Waals surface area contributed by atoms with Crippen molar-refractivity contribution in [2.45, 2.75) is 6.54 Å². The first kappa shape index (κ1) is 18.8. The second kappa shape index (κ2) is 8.61. The third-order valence-corrected chi connectivity index (χ3v) is 4.51. The maximum absolute atomic E-state index is 12.2. The maximum Gasteiger partial charge on any atom is 0.267 e. The minimum atomic E-state index is -0.336. The van der Waals surface area contributed by atoms with Crippen LogP contribution in [-0.4, -0.2) is 52.2 Å². The minimum Gasteiger partial charge on any atom is -0.378 e. The number of aromatic nitrogens is 4. The largest absolute Gasteiger partial charge is 0.378 e. The number of carbonyl (C=O) groups is 1. The summed E-state index contributed by atoms with van der Waals surface area (Å²) in [6.45, 7) is 2.83. The number of rotatable bonds is 5. The topological polar surface area (TPSA) is 102 Å². The Kier molecular flexibility index (Phi) is 5.57. The van der Waals surface area contributed by atoms with Gasteiger partial charge in [0.05, 0.1) is 18.9 Å². The summed E-state index contributed by atoms with van der Waals surface area (Å²) in [5, 5.41) is 15.3. The SMILES string of the molecule is O=C(Cn1ncccc1=O)Nc1cccc(-c2ccc(N3CCOCC3)nn2)c1. The molecule has 0 unspecified atom stereocenters. The molecule has 1 aliphatic heterocycles. The van der Waals surface area contributed by atoms with E-state index in [1.54, 1.807) is 6.07 Å². The van der Waals surface area contributed by atoms with Crippen LogP contribution in [0.1, 0.15) is 0 Å². The van der Waals surface area contributed by atoms with E-state index in [0.29, 0.717) is 24.6 Å². The van der Waals surface area contributed by atoms with Crippen molar-refractivity contribution in [1.82, 2.24) is 20.0 Å². The Hall–Kier alpha value is -3.59. The summed E-state index contributed by atoms with van der Waals surface area (Å²) in [5.41, 5.74) is 1.82. The third-order valence-electron chi connectivity index (χ3n) is 4.51. The zero-order chi connectivity index (χ0) is 20.1. The van der Waals surface area contributed by atoms with Crippen molar-refractivity contribution in [3.8, 4) is 11.3 Å². The second-order valence-corrected chi connectivity index (χ2v) is 6.52. The highest BCUT2D eigenvalue weighted by atomic mass is 16.5. The zero-order valence-corrected chi connectivity index (χ0v) is 15.7. The van der Waals surface area contributed by atoms with Crippen molar-refractivity contribution in [1.29, 1.82) is 0 Å². The molecule has 4 rings (SSSR count). The first-order chi connectivity index (χ1) is 14.2. The maximum atomic E-state index is 12.2. The molecule has 0 aliphatic carbocycles. The number of nitrogens with zero attached hydrogens (tertiary/aromatic N) is 5. The summed E-state index contributed by atoms with van der Waals surface area (Å²) >= 11 is 0. The van der Waals surface area contributed by atoms with Crippen LogP contribution in [0.25, 0.3) is 11.3 Å². The lowest BCUT2D eigenvalue weighted by Crippen LogP contribution is -2.36. The molecule has 1 saturated heterocycles. The molecule has 0 saturated carbocycles. The fourth-order valence-corrected chi connectivity index (χ4v) is 3.04. The van der Waals surface area contributed by atoms with Crippen LogP contribution in [0.3, 0.4) is 0 Å². The van der Waals surface area contributed by atoms with Crippen LogP contribution < -0.4 is 15.8 Å². The van der Waals surface area contributed by atoms with Gasteiger partial charge in [0.25, 0.3) is 5.56 Å². The average molecular weight is 392 g/mol. The molecule has 1 aliphatic rings. The van der Waals surface area contributed by atoms with Crippen LogP contribution in [0, 0.1) is 0 Å². The van der Waals surface area contributed by atoms with Gasteiger partial charge in [0.1, 0.15) is 6.54 Å². The lowest BCUT2D eigenvalue weighted by Gasteiger charge is -2.27. The van der Waals surface area contributed by atoms with E-state index in [9.17, 15) is 9.59 Å². The van der Waals surface area contributed by atoms with Gasteiger partial charge in [0.2, 0.25) is 5.91 Å². The standard InChI is InChI=1S/C20H20N6O3/c27-19(14-26-20(28)5-2-8-21-26)22-16-4-1-3-15(13-16)17-6-7-18(24-23-17)25-9-11-29-12-10-25/h1-8,13H,9-12,14H2,(H,22,27). The molecule has 2 aromatic heterocycles. The van der Waals surface area contributed by atoms with Gasteiger partial charge in [-0.1, -0.05) is 12.1 Å². The molecule has 29 heavy (non-hydrogen) atoms. The van der Waals surface area contributed by atoms with Gasteiger partial charge in [-0.05, 0) is 30.3 Å². The number of nitrogens with one attached hydrogen (secondary N) is 1. The number of ether oxygens (including phenoxy) is 1. The van der Waals surface area contributed by atoms with Gasteiger partial charge in [-0.3, -0.25) is 9.59 Å². The van der Waals surface area contributed by atoms with E-state index in [1.807, 2.05) is 30.3 Å². The Morgan fingerprint density at radius 3 is 2.69 bits per heavy atom. The summed E-state index contributed by atoms with van der Waals surface area (Å²) < 4.78 is 6.46. The second-order valence-electron chi connectivity index (χ2n) is 6.52. The molecule has 0 spiro atoms. The van der Waals surface area contributed by atoms with Crippen LogP contribution in [0.4, 0.5) is 11.5 Å². The molecule has 0 bridgehead atoms. The number of hydrogen-bond donors (Lipinski definition) is 1. The molecule has 1 amide bonds. The fourth-order valence-electron chi connectivity index (χ4n) is 3.04. The van der Waals surface area contributed by atoms with E-state index < -0.39 is 0 Å². The third kappa shape index (κ3) is 4.64. The molecule has 1 aromatic carbocycles. The molecule has 0 radical (unpaired) electrons. The molecular formula is C20H20N6O3. The Labute approximate surface area is 167 Å². The number of hydrogen-bond acceptors (Lipinski definition) is 7. The van der Waals surface area contributed by atoms with Crippen LogP contribution in [0.2, 0.25) is 0 Å². The van der Waals surface area contributed by atoms with Gasteiger partial charge >= 0.3 is 0 Å². The summed E-state index contributed by atoms with van der Waals surface area (Å²) in [4.78, 5) is 26.1. The molecule has 1 N–H and O–H groups in total. The molecule has 9 heteroatoms.